The van der Waals surface area contributed by atoms with E-state index in [9.17, 15) is 4.39 Å². The van der Waals surface area contributed by atoms with E-state index in [4.69, 9.17) is 0 Å². The third kappa shape index (κ3) is 5.29. The molecule has 0 saturated carbocycles. The van der Waals surface area contributed by atoms with E-state index in [-0.39, 0.29) is 5.82 Å². The quantitative estimate of drug-likeness (QED) is 0.568. The van der Waals surface area contributed by atoms with Gasteiger partial charge in [0.25, 0.3) is 0 Å². The molecule has 2 aromatic rings. The van der Waals surface area contributed by atoms with E-state index in [1.807, 2.05) is 31.6 Å². The molecule has 0 spiro atoms. The first-order chi connectivity index (χ1) is 11.9. The molecule has 2 N–H and O–H groups in total. The van der Waals surface area contributed by atoms with Crippen LogP contribution < -0.4 is 10.6 Å². The Bertz CT molecular complexity index is 754. The van der Waals surface area contributed by atoms with Crippen molar-refractivity contribution in [1.82, 2.24) is 20.4 Å². The second kappa shape index (κ2) is 8.99. The number of aryl methyl sites for hydroxylation is 2. The molecule has 1 aromatic heterocycles. The summed E-state index contributed by atoms with van der Waals surface area (Å²) < 4.78 is 15.7. The van der Waals surface area contributed by atoms with Crippen LogP contribution in [-0.2, 0) is 20.0 Å². The molecule has 5 nitrogen and oxygen atoms in total. The van der Waals surface area contributed by atoms with Gasteiger partial charge in [-0.25, -0.2) is 9.38 Å². The third-order valence-corrected chi connectivity index (χ3v) is 4.70. The van der Waals surface area contributed by atoms with Crippen molar-refractivity contribution in [2.24, 2.45) is 12.0 Å². The standard InChI is InChI=1S/C18H25BrFN5/c1-5-21-18(23-11-15-12(2)24-25(4)13(15)3)22-9-8-14-6-7-17(20)16(19)10-14/h6-7,10H,5,8-9,11H2,1-4H3,(H2,21,22,23). The van der Waals surface area contributed by atoms with Crippen LogP contribution in [0.5, 0.6) is 0 Å². The Morgan fingerprint density at radius 2 is 2.08 bits per heavy atom. The number of aromatic nitrogens is 2. The zero-order valence-electron chi connectivity index (χ0n) is 15.2. The average Bonchev–Trinajstić information content (AvgIpc) is 2.81. The fourth-order valence-electron chi connectivity index (χ4n) is 2.57. The first-order valence-corrected chi connectivity index (χ1v) is 9.16. The Kier molecular flexibility index (Phi) is 6.99. The second-order valence-corrected chi connectivity index (χ2v) is 6.75. The Morgan fingerprint density at radius 3 is 2.68 bits per heavy atom. The fraction of sp³-hybridized carbons (Fsp3) is 0.444. The number of aliphatic imine (C=N–C) groups is 1. The lowest BCUT2D eigenvalue weighted by molar-refractivity contribution is 0.620. The first kappa shape index (κ1) is 19.4. The Labute approximate surface area is 156 Å². The van der Waals surface area contributed by atoms with E-state index < -0.39 is 0 Å². The minimum atomic E-state index is -0.242. The molecule has 0 fully saturated rings. The summed E-state index contributed by atoms with van der Waals surface area (Å²) in [5.74, 6) is 0.528. The minimum Gasteiger partial charge on any atom is -0.357 e. The minimum absolute atomic E-state index is 0.242. The van der Waals surface area contributed by atoms with Gasteiger partial charge >= 0.3 is 0 Å². The van der Waals surface area contributed by atoms with Crippen LogP contribution in [0.15, 0.2) is 27.7 Å². The number of hydrogen-bond donors (Lipinski definition) is 2. The summed E-state index contributed by atoms with van der Waals surface area (Å²) in [7, 11) is 1.94. The number of hydrogen-bond acceptors (Lipinski definition) is 2. The Morgan fingerprint density at radius 1 is 1.32 bits per heavy atom. The van der Waals surface area contributed by atoms with Crippen LogP contribution in [0.1, 0.15) is 29.4 Å². The molecule has 25 heavy (non-hydrogen) atoms. The van der Waals surface area contributed by atoms with Crippen molar-refractivity contribution in [3.05, 3.63) is 51.0 Å². The molecule has 0 saturated heterocycles. The molecule has 136 valence electrons. The van der Waals surface area contributed by atoms with Gasteiger partial charge in [-0.15, -0.1) is 0 Å². The van der Waals surface area contributed by atoms with E-state index >= 15 is 0 Å². The molecule has 0 bridgehead atoms. The molecule has 0 aliphatic heterocycles. The van der Waals surface area contributed by atoms with Gasteiger partial charge < -0.3 is 10.6 Å². The molecule has 1 aromatic carbocycles. The molecule has 2 rings (SSSR count). The second-order valence-electron chi connectivity index (χ2n) is 5.89. The first-order valence-electron chi connectivity index (χ1n) is 8.37. The summed E-state index contributed by atoms with van der Waals surface area (Å²) in [5, 5.41) is 11.0. The number of nitrogens with zero attached hydrogens (tertiary/aromatic N) is 3. The highest BCUT2D eigenvalue weighted by Crippen LogP contribution is 2.17. The summed E-state index contributed by atoms with van der Waals surface area (Å²) in [6, 6.07) is 5.09. The predicted octanol–water partition coefficient (Wildman–Crippen LogP) is 3.24. The van der Waals surface area contributed by atoms with Gasteiger partial charge in [0, 0.05) is 31.4 Å². The lowest BCUT2D eigenvalue weighted by Crippen LogP contribution is -2.38. The van der Waals surface area contributed by atoms with Crippen molar-refractivity contribution in [3.8, 4) is 0 Å². The number of halogens is 2. The van der Waals surface area contributed by atoms with Gasteiger partial charge in [-0.1, -0.05) is 6.07 Å². The lowest BCUT2D eigenvalue weighted by atomic mass is 10.1. The van der Waals surface area contributed by atoms with Gasteiger partial charge in [0.15, 0.2) is 5.96 Å². The molecule has 1 heterocycles. The Balaban J connectivity index is 1.96. The summed E-state index contributed by atoms with van der Waals surface area (Å²) >= 11 is 3.22. The molecule has 7 heteroatoms. The topological polar surface area (TPSA) is 54.2 Å². The number of guanidine groups is 1. The summed E-state index contributed by atoms with van der Waals surface area (Å²) in [5.41, 5.74) is 4.36. The van der Waals surface area contributed by atoms with Crippen LogP contribution >= 0.6 is 15.9 Å². The van der Waals surface area contributed by atoms with E-state index in [1.165, 1.54) is 6.07 Å². The predicted molar refractivity (Wildman–Crippen MR) is 103 cm³/mol. The van der Waals surface area contributed by atoms with Crippen LogP contribution in [0.2, 0.25) is 0 Å². The van der Waals surface area contributed by atoms with Gasteiger partial charge in [0.05, 0.1) is 16.7 Å². The van der Waals surface area contributed by atoms with E-state index in [0.29, 0.717) is 11.0 Å². The average molecular weight is 410 g/mol. The van der Waals surface area contributed by atoms with Crippen LogP contribution in [0.3, 0.4) is 0 Å². The van der Waals surface area contributed by atoms with Crippen LogP contribution in [0.25, 0.3) is 0 Å². The van der Waals surface area contributed by atoms with E-state index in [0.717, 1.165) is 48.0 Å². The SMILES string of the molecule is CCNC(=NCc1c(C)nn(C)c1C)NCCc1ccc(F)c(Br)c1. The summed E-state index contributed by atoms with van der Waals surface area (Å²) in [6.45, 7) is 8.19. The van der Waals surface area contributed by atoms with Crippen LogP contribution in [0.4, 0.5) is 4.39 Å². The molecule has 0 unspecified atom stereocenters. The molecule has 0 radical (unpaired) electrons. The van der Waals surface area contributed by atoms with Crippen molar-refractivity contribution in [2.75, 3.05) is 13.1 Å². The summed E-state index contributed by atoms with van der Waals surface area (Å²) in [6.07, 6.45) is 0.786. The number of benzene rings is 1. The highest BCUT2D eigenvalue weighted by molar-refractivity contribution is 9.10. The van der Waals surface area contributed by atoms with Crippen molar-refractivity contribution in [3.63, 3.8) is 0 Å². The fourth-order valence-corrected chi connectivity index (χ4v) is 2.99. The number of nitrogens with one attached hydrogen (secondary N) is 2. The largest absolute Gasteiger partial charge is 0.357 e. The van der Waals surface area contributed by atoms with Gasteiger partial charge in [-0.05, 0) is 60.8 Å². The van der Waals surface area contributed by atoms with Crippen molar-refractivity contribution in [1.29, 1.82) is 0 Å². The molecule has 0 amide bonds. The van der Waals surface area contributed by atoms with E-state index in [2.05, 4.69) is 43.6 Å². The molecular weight excluding hydrogens is 385 g/mol. The molecule has 0 aliphatic carbocycles. The normalized spacial score (nSPS) is 11.7. The summed E-state index contributed by atoms with van der Waals surface area (Å²) in [4.78, 5) is 4.65. The Hall–Kier alpha value is -1.89. The third-order valence-electron chi connectivity index (χ3n) is 4.09. The monoisotopic (exact) mass is 409 g/mol. The molecule has 0 atom stereocenters. The van der Waals surface area contributed by atoms with Crippen LogP contribution in [-0.4, -0.2) is 28.8 Å². The van der Waals surface area contributed by atoms with Crippen molar-refractivity contribution < 1.29 is 4.39 Å². The highest BCUT2D eigenvalue weighted by Gasteiger charge is 2.09. The molecule has 0 aliphatic rings. The smallest absolute Gasteiger partial charge is 0.191 e. The van der Waals surface area contributed by atoms with Crippen LogP contribution in [0, 0.1) is 19.7 Å². The lowest BCUT2D eigenvalue weighted by Gasteiger charge is -2.11. The van der Waals surface area contributed by atoms with Gasteiger partial charge in [-0.3, -0.25) is 4.68 Å². The van der Waals surface area contributed by atoms with Gasteiger partial charge in [-0.2, -0.15) is 5.10 Å². The van der Waals surface area contributed by atoms with Crippen molar-refractivity contribution in [2.45, 2.75) is 33.7 Å². The van der Waals surface area contributed by atoms with Crippen molar-refractivity contribution >= 4 is 21.9 Å². The maximum atomic E-state index is 13.3. The zero-order valence-corrected chi connectivity index (χ0v) is 16.7. The maximum Gasteiger partial charge on any atom is 0.191 e. The van der Waals surface area contributed by atoms with Gasteiger partial charge in [0.2, 0.25) is 0 Å². The maximum absolute atomic E-state index is 13.3. The molecular formula is C18H25BrFN5. The highest BCUT2D eigenvalue weighted by atomic mass is 79.9. The zero-order chi connectivity index (χ0) is 18.4. The van der Waals surface area contributed by atoms with E-state index in [1.54, 1.807) is 6.07 Å². The number of rotatable bonds is 6. The van der Waals surface area contributed by atoms with Gasteiger partial charge in [0.1, 0.15) is 5.82 Å².